The van der Waals surface area contributed by atoms with E-state index in [1.807, 2.05) is 0 Å². The molecule has 1 aliphatic heterocycles. The first-order valence-electron chi connectivity index (χ1n) is 3.93. The summed E-state index contributed by atoms with van der Waals surface area (Å²) in [5, 5.41) is -0.257. The molecule has 1 aromatic heterocycles. The van der Waals surface area contributed by atoms with Gasteiger partial charge in [-0.1, -0.05) is 0 Å². The number of furan rings is 1. The first kappa shape index (κ1) is 9.08. The summed E-state index contributed by atoms with van der Waals surface area (Å²) in [5.41, 5.74) is 0. The van der Waals surface area contributed by atoms with E-state index < -0.39 is 0 Å². The summed E-state index contributed by atoms with van der Waals surface area (Å²) >= 11 is 0.919. The maximum absolute atomic E-state index is 11.4. The lowest BCUT2D eigenvalue weighted by Gasteiger charge is -2.00. The molecule has 2 amide bonds. The number of thioether (sulfide) groups is 1. The third-order valence-electron chi connectivity index (χ3n) is 1.80. The largest absolute Gasteiger partial charge is 0.465 e. The molecule has 1 fully saturated rings. The number of imide groups is 1. The predicted molar refractivity (Wildman–Crippen MR) is 52.4 cm³/mol. The molecule has 0 atom stereocenters. The topological polar surface area (TPSA) is 50.5 Å². The lowest BCUT2D eigenvalue weighted by Crippen LogP contribution is -2.22. The molecular formula is C9H7NO3S. The lowest BCUT2D eigenvalue weighted by atomic mass is 10.4. The molecule has 4 nitrogen and oxygen atoms in total. The second kappa shape index (κ2) is 3.34. The zero-order valence-corrected chi connectivity index (χ0v) is 8.21. The highest BCUT2D eigenvalue weighted by atomic mass is 32.2. The van der Waals surface area contributed by atoms with Gasteiger partial charge in [-0.2, -0.15) is 0 Å². The summed E-state index contributed by atoms with van der Waals surface area (Å²) in [6.07, 6.45) is 3.08. The van der Waals surface area contributed by atoms with Gasteiger partial charge in [-0.05, 0) is 23.9 Å². The first-order valence-corrected chi connectivity index (χ1v) is 4.75. The van der Waals surface area contributed by atoms with Crippen LogP contribution in [0.2, 0.25) is 0 Å². The third-order valence-corrected chi connectivity index (χ3v) is 2.76. The molecule has 14 heavy (non-hydrogen) atoms. The molecule has 2 heterocycles. The van der Waals surface area contributed by atoms with Gasteiger partial charge in [0.25, 0.3) is 11.1 Å². The molecule has 1 aromatic rings. The fourth-order valence-electron chi connectivity index (χ4n) is 1.05. The van der Waals surface area contributed by atoms with Crippen molar-refractivity contribution in [2.24, 2.45) is 0 Å². The van der Waals surface area contributed by atoms with E-state index in [9.17, 15) is 9.59 Å². The Hall–Kier alpha value is -1.49. The Morgan fingerprint density at radius 3 is 2.79 bits per heavy atom. The average Bonchev–Trinajstić information content (AvgIpc) is 2.73. The molecular weight excluding hydrogens is 202 g/mol. The average molecular weight is 209 g/mol. The minimum absolute atomic E-state index is 0.257. The molecule has 0 saturated carbocycles. The van der Waals surface area contributed by atoms with Crippen LogP contribution in [0.25, 0.3) is 6.08 Å². The SMILES string of the molecule is CN1C(=O)S/C(=C/c2ccco2)C1=O. The van der Waals surface area contributed by atoms with Gasteiger partial charge in [-0.15, -0.1) is 0 Å². The van der Waals surface area contributed by atoms with Crippen LogP contribution in [0.15, 0.2) is 27.7 Å². The Labute approximate surface area is 84.6 Å². The molecule has 0 N–H and O–H groups in total. The second-order valence-electron chi connectivity index (χ2n) is 2.76. The van der Waals surface area contributed by atoms with Gasteiger partial charge in [0, 0.05) is 13.1 Å². The lowest BCUT2D eigenvalue weighted by molar-refractivity contribution is -0.121. The zero-order valence-electron chi connectivity index (χ0n) is 7.39. The van der Waals surface area contributed by atoms with Crippen LogP contribution in [-0.2, 0) is 4.79 Å². The van der Waals surface area contributed by atoms with Crippen molar-refractivity contribution < 1.29 is 14.0 Å². The molecule has 0 spiro atoms. The highest BCUT2D eigenvalue weighted by Gasteiger charge is 2.31. The third kappa shape index (κ3) is 1.46. The van der Waals surface area contributed by atoms with Crippen molar-refractivity contribution >= 4 is 29.0 Å². The molecule has 5 heteroatoms. The standard InChI is InChI=1S/C9H7NO3S/c1-10-8(11)7(14-9(10)12)5-6-3-2-4-13-6/h2-5H,1H3/b7-5+. The smallest absolute Gasteiger partial charge is 0.293 e. The Kier molecular flexibility index (Phi) is 2.17. The van der Waals surface area contributed by atoms with E-state index in [-0.39, 0.29) is 11.1 Å². The Morgan fingerprint density at radius 1 is 1.50 bits per heavy atom. The number of nitrogens with zero attached hydrogens (tertiary/aromatic N) is 1. The van der Waals surface area contributed by atoms with Crippen molar-refractivity contribution in [1.29, 1.82) is 0 Å². The molecule has 0 radical (unpaired) electrons. The number of hydrogen-bond acceptors (Lipinski definition) is 4. The Morgan fingerprint density at radius 2 is 2.29 bits per heavy atom. The Bertz CT molecular complexity index is 408. The van der Waals surface area contributed by atoms with Gasteiger partial charge in [-0.25, -0.2) is 0 Å². The van der Waals surface area contributed by atoms with E-state index in [1.165, 1.54) is 13.3 Å². The number of rotatable bonds is 1. The van der Waals surface area contributed by atoms with E-state index in [0.29, 0.717) is 10.7 Å². The minimum Gasteiger partial charge on any atom is -0.465 e. The molecule has 72 valence electrons. The number of likely N-dealkylation sites (N-methyl/N-ethyl adjacent to an activating group) is 1. The van der Waals surface area contributed by atoms with E-state index in [2.05, 4.69) is 0 Å². The molecule has 1 aliphatic rings. The van der Waals surface area contributed by atoms with Crippen LogP contribution in [-0.4, -0.2) is 23.1 Å². The van der Waals surface area contributed by atoms with Crippen LogP contribution in [0, 0.1) is 0 Å². The summed E-state index contributed by atoms with van der Waals surface area (Å²) in [5.74, 6) is 0.292. The van der Waals surface area contributed by atoms with E-state index in [0.717, 1.165) is 16.7 Å². The quantitative estimate of drug-likeness (QED) is 0.663. The van der Waals surface area contributed by atoms with Gasteiger partial charge in [-0.3, -0.25) is 14.5 Å². The van der Waals surface area contributed by atoms with Crippen LogP contribution >= 0.6 is 11.8 Å². The number of carbonyl (C=O) groups excluding carboxylic acids is 2. The first-order chi connectivity index (χ1) is 6.68. The van der Waals surface area contributed by atoms with Crippen molar-refractivity contribution in [3.63, 3.8) is 0 Å². The van der Waals surface area contributed by atoms with Gasteiger partial charge in [0.15, 0.2) is 0 Å². The van der Waals surface area contributed by atoms with Crippen LogP contribution in [0.3, 0.4) is 0 Å². The molecule has 0 aliphatic carbocycles. The number of amides is 2. The molecule has 1 saturated heterocycles. The molecule has 0 bridgehead atoms. The monoisotopic (exact) mass is 209 g/mol. The maximum atomic E-state index is 11.4. The summed E-state index contributed by atoms with van der Waals surface area (Å²) < 4.78 is 5.04. The van der Waals surface area contributed by atoms with Gasteiger partial charge < -0.3 is 4.42 Å². The van der Waals surface area contributed by atoms with Crippen molar-refractivity contribution in [1.82, 2.24) is 4.90 Å². The fourth-order valence-corrected chi connectivity index (χ4v) is 1.86. The Balaban J connectivity index is 2.29. The molecule has 0 unspecified atom stereocenters. The number of carbonyl (C=O) groups is 2. The normalized spacial score (nSPS) is 19.8. The van der Waals surface area contributed by atoms with Crippen LogP contribution in [0.5, 0.6) is 0 Å². The maximum Gasteiger partial charge on any atom is 0.293 e. The molecule has 0 aromatic carbocycles. The minimum atomic E-state index is -0.281. The van der Waals surface area contributed by atoms with Gasteiger partial charge in [0.1, 0.15) is 5.76 Å². The van der Waals surface area contributed by atoms with Crippen LogP contribution in [0.4, 0.5) is 4.79 Å². The predicted octanol–water partition coefficient (Wildman–Crippen LogP) is 1.95. The van der Waals surface area contributed by atoms with E-state index >= 15 is 0 Å². The van der Waals surface area contributed by atoms with Gasteiger partial charge in [0.2, 0.25) is 0 Å². The highest BCUT2D eigenvalue weighted by Crippen LogP contribution is 2.30. The number of hydrogen-bond donors (Lipinski definition) is 0. The van der Waals surface area contributed by atoms with Crippen LogP contribution in [0.1, 0.15) is 5.76 Å². The van der Waals surface area contributed by atoms with E-state index in [1.54, 1.807) is 18.2 Å². The van der Waals surface area contributed by atoms with Crippen molar-refractivity contribution in [3.8, 4) is 0 Å². The summed E-state index contributed by atoms with van der Waals surface area (Å²) in [4.78, 5) is 24.0. The fraction of sp³-hybridized carbons (Fsp3) is 0.111. The summed E-state index contributed by atoms with van der Waals surface area (Å²) in [6.45, 7) is 0. The van der Waals surface area contributed by atoms with Crippen molar-refractivity contribution in [2.45, 2.75) is 0 Å². The van der Waals surface area contributed by atoms with Crippen LogP contribution < -0.4 is 0 Å². The highest BCUT2D eigenvalue weighted by molar-refractivity contribution is 8.18. The van der Waals surface area contributed by atoms with Gasteiger partial charge in [0.05, 0.1) is 11.2 Å². The van der Waals surface area contributed by atoms with Crippen molar-refractivity contribution in [3.05, 3.63) is 29.1 Å². The second-order valence-corrected chi connectivity index (χ2v) is 3.75. The summed E-state index contributed by atoms with van der Waals surface area (Å²) in [7, 11) is 1.46. The van der Waals surface area contributed by atoms with Gasteiger partial charge >= 0.3 is 0 Å². The summed E-state index contributed by atoms with van der Waals surface area (Å²) in [6, 6.07) is 3.45. The van der Waals surface area contributed by atoms with Crippen molar-refractivity contribution in [2.75, 3.05) is 7.05 Å². The zero-order chi connectivity index (χ0) is 10.1. The van der Waals surface area contributed by atoms with E-state index in [4.69, 9.17) is 4.42 Å². The molecule has 2 rings (SSSR count).